The molecule has 104 valence electrons. The Labute approximate surface area is 113 Å². The number of hydrogen-bond donors (Lipinski definition) is 1. The van der Waals surface area contributed by atoms with Crippen molar-refractivity contribution in [1.82, 2.24) is 10.2 Å². The summed E-state index contributed by atoms with van der Waals surface area (Å²) in [6, 6.07) is 5.00. The number of carbonyl (C=O) groups excluding carboxylic acids is 1. The fourth-order valence-electron chi connectivity index (χ4n) is 2.72. The van der Waals surface area contributed by atoms with Crippen LogP contribution in [0, 0.1) is 12.7 Å². The van der Waals surface area contributed by atoms with Crippen LogP contribution in [0.15, 0.2) is 18.2 Å². The molecular weight excluding hydrogens is 243 g/mol. The molecule has 0 bridgehead atoms. The number of likely N-dealkylation sites (N-methyl/N-ethyl adjacent to an activating group) is 1. The van der Waals surface area contributed by atoms with E-state index in [1.807, 2.05) is 13.0 Å². The molecule has 0 aromatic heterocycles. The monoisotopic (exact) mass is 264 g/mol. The van der Waals surface area contributed by atoms with Crippen LogP contribution < -0.4 is 5.32 Å². The van der Waals surface area contributed by atoms with Crippen LogP contribution in [0.2, 0.25) is 0 Å². The topological polar surface area (TPSA) is 32.3 Å². The van der Waals surface area contributed by atoms with Crippen LogP contribution in [0.1, 0.15) is 29.9 Å². The lowest BCUT2D eigenvalue weighted by Crippen LogP contribution is -2.47. The minimum atomic E-state index is -0.191. The molecule has 2 unspecified atom stereocenters. The van der Waals surface area contributed by atoms with E-state index in [4.69, 9.17) is 0 Å². The number of nitrogens with one attached hydrogen (secondary N) is 1. The van der Waals surface area contributed by atoms with Crippen LogP contribution >= 0.6 is 0 Å². The summed E-state index contributed by atoms with van der Waals surface area (Å²) >= 11 is 0. The molecule has 19 heavy (non-hydrogen) atoms. The lowest BCUT2D eigenvalue weighted by molar-refractivity contribution is -0.131. The molecule has 1 aromatic carbocycles. The number of hydrogen-bond acceptors (Lipinski definition) is 2. The Balaban J connectivity index is 2.14. The maximum atomic E-state index is 13.5. The maximum Gasteiger partial charge on any atom is 0.239 e. The van der Waals surface area contributed by atoms with E-state index in [9.17, 15) is 9.18 Å². The molecule has 1 fully saturated rings. The van der Waals surface area contributed by atoms with Crippen molar-refractivity contribution in [3.8, 4) is 0 Å². The Bertz CT molecular complexity index is 453. The van der Waals surface area contributed by atoms with Gasteiger partial charge in [-0.15, -0.1) is 0 Å². The van der Waals surface area contributed by atoms with Gasteiger partial charge in [-0.2, -0.15) is 0 Å². The first-order chi connectivity index (χ1) is 8.97. The molecule has 2 atom stereocenters. The standard InChI is InChI=1S/C15H21FN2O/c1-10-6-12(8-13(16)7-10)11-4-5-17-14(9-11)15(19)18(2)3/h6-8,11,14,17H,4-5,9H2,1-3H3. The van der Waals surface area contributed by atoms with E-state index in [-0.39, 0.29) is 23.7 Å². The predicted molar refractivity (Wildman–Crippen MR) is 73.6 cm³/mol. The normalized spacial score (nSPS) is 23.2. The molecule has 0 spiro atoms. The Morgan fingerprint density at radius 1 is 1.37 bits per heavy atom. The van der Waals surface area contributed by atoms with Gasteiger partial charge in [-0.3, -0.25) is 4.79 Å². The molecule has 1 N–H and O–H groups in total. The first-order valence-electron chi connectivity index (χ1n) is 6.69. The first kappa shape index (κ1) is 14.0. The van der Waals surface area contributed by atoms with E-state index in [0.29, 0.717) is 0 Å². The van der Waals surface area contributed by atoms with Crippen molar-refractivity contribution in [1.29, 1.82) is 0 Å². The summed E-state index contributed by atoms with van der Waals surface area (Å²) in [5.74, 6) is 0.159. The van der Waals surface area contributed by atoms with Gasteiger partial charge in [0.2, 0.25) is 5.91 Å². The highest BCUT2D eigenvalue weighted by Gasteiger charge is 2.28. The third-order valence-corrected chi connectivity index (χ3v) is 3.68. The van der Waals surface area contributed by atoms with E-state index in [1.165, 1.54) is 6.07 Å². The van der Waals surface area contributed by atoms with E-state index in [1.54, 1.807) is 25.1 Å². The molecule has 1 aromatic rings. The van der Waals surface area contributed by atoms with Crippen molar-refractivity contribution in [2.75, 3.05) is 20.6 Å². The number of amides is 1. The highest BCUT2D eigenvalue weighted by Crippen LogP contribution is 2.29. The third kappa shape index (κ3) is 3.32. The average Bonchev–Trinajstić information content (AvgIpc) is 2.36. The van der Waals surface area contributed by atoms with Crippen molar-refractivity contribution in [3.05, 3.63) is 35.1 Å². The van der Waals surface area contributed by atoms with Crippen molar-refractivity contribution in [3.63, 3.8) is 0 Å². The van der Waals surface area contributed by atoms with Gasteiger partial charge < -0.3 is 10.2 Å². The summed E-state index contributed by atoms with van der Waals surface area (Å²) in [7, 11) is 3.53. The van der Waals surface area contributed by atoms with Gasteiger partial charge in [-0.25, -0.2) is 4.39 Å². The minimum absolute atomic E-state index is 0.0952. The number of carbonyl (C=O) groups is 1. The summed E-state index contributed by atoms with van der Waals surface area (Å²) in [5.41, 5.74) is 1.94. The van der Waals surface area contributed by atoms with Crippen LogP contribution in [-0.2, 0) is 4.79 Å². The van der Waals surface area contributed by atoms with Gasteiger partial charge in [0, 0.05) is 14.1 Å². The van der Waals surface area contributed by atoms with Gasteiger partial charge in [0.05, 0.1) is 6.04 Å². The zero-order valence-electron chi connectivity index (χ0n) is 11.7. The van der Waals surface area contributed by atoms with Gasteiger partial charge in [0.25, 0.3) is 0 Å². The smallest absolute Gasteiger partial charge is 0.239 e. The van der Waals surface area contributed by atoms with Gasteiger partial charge in [-0.1, -0.05) is 6.07 Å². The Morgan fingerprint density at radius 3 is 2.74 bits per heavy atom. The zero-order chi connectivity index (χ0) is 14.0. The summed E-state index contributed by atoms with van der Waals surface area (Å²) < 4.78 is 13.5. The highest BCUT2D eigenvalue weighted by molar-refractivity contribution is 5.81. The average molecular weight is 264 g/mol. The number of piperidine rings is 1. The van der Waals surface area contributed by atoms with Gasteiger partial charge in [-0.05, 0) is 55.5 Å². The van der Waals surface area contributed by atoms with E-state index < -0.39 is 0 Å². The molecule has 1 aliphatic rings. The fourth-order valence-corrected chi connectivity index (χ4v) is 2.72. The van der Waals surface area contributed by atoms with Gasteiger partial charge in [0.15, 0.2) is 0 Å². The zero-order valence-corrected chi connectivity index (χ0v) is 11.7. The SMILES string of the molecule is Cc1cc(F)cc(C2CCNC(C(=O)N(C)C)C2)c1. The van der Waals surface area contributed by atoms with Crippen molar-refractivity contribution < 1.29 is 9.18 Å². The summed E-state index contributed by atoms with van der Waals surface area (Å²) in [6.07, 6.45) is 1.68. The molecule has 1 amide bonds. The molecule has 1 heterocycles. The van der Waals surface area contributed by atoms with Crippen LogP contribution in [0.3, 0.4) is 0 Å². The van der Waals surface area contributed by atoms with E-state index in [2.05, 4.69) is 5.32 Å². The molecular formula is C15H21FN2O. The third-order valence-electron chi connectivity index (χ3n) is 3.68. The number of rotatable bonds is 2. The molecule has 1 saturated heterocycles. The Morgan fingerprint density at radius 2 is 2.11 bits per heavy atom. The van der Waals surface area contributed by atoms with Crippen LogP contribution in [0.5, 0.6) is 0 Å². The highest BCUT2D eigenvalue weighted by atomic mass is 19.1. The van der Waals surface area contributed by atoms with E-state index in [0.717, 1.165) is 30.5 Å². The summed E-state index contributed by atoms with van der Waals surface area (Å²) in [6.45, 7) is 2.70. The van der Waals surface area contributed by atoms with Crippen molar-refractivity contribution in [2.45, 2.75) is 31.7 Å². The van der Waals surface area contributed by atoms with Crippen LogP contribution in [0.25, 0.3) is 0 Å². The molecule has 0 saturated carbocycles. The maximum absolute atomic E-state index is 13.5. The van der Waals surface area contributed by atoms with Crippen molar-refractivity contribution >= 4 is 5.91 Å². The number of nitrogens with zero attached hydrogens (tertiary/aromatic N) is 1. The molecule has 4 heteroatoms. The summed E-state index contributed by atoms with van der Waals surface area (Å²) in [5, 5.41) is 3.24. The number of aryl methyl sites for hydroxylation is 1. The fraction of sp³-hybridized carbons (Fsp3) is 0.533. The van der Waals surface area contributed by atoms with Gasteiger partial charge >= 0.3 is 0 Å². The molecule has 2 rings (SSSR count). The second-order valence-corrected chi connectivity index (χ2v) is 5.52. The molecule has 1 aliphatic heterocycles. The minimum Gasteiger partial charge on any atom is -0.347 e. The molecule has 0 radical (unpaired) electrons. The second-order valence-electron chi connectivity index (χ2n) is 5.52. The first-order valence-corrected chi connectivity index (χ1v) is 6.69. The number of benzene rings is 1. The second kappa shape index (κ2) is 5.70. The van der Waals surface area contributed by atoms with Crippen LogP contribution in [-0.4, -0.2) is 37.5 Å². The van der Waals surface area contributed by atoms with Crippen molar-refractivity contribution in [2.24, 2.45) is 0 Å². The Hall–Kier alpha value is -1.42. The molecule has 3 nitrogen and oxygen atoms in total. The lowest BCUT2D eigenvalue weighted by atomic mass is 9.85. The quantitative estimate of drug-likeness (QED) is 0.886. The lowest BCUT2D eigenvalue weighted by Gasteiger charge is -2.31. The van der Waals surface area contributed by atoms with Crippen LogP contribution in [0.4, 0.5) is 4.39 Å². The predicted octanol–water partition coefficient (Wildman–Crippen LogP) is 2.06. The largest absolute Gasteiger partial charge is 0.347 e. The number of halogens is 1. The summed E-state index contributed by atoms with van der Waals surface area (Å²) in [4.78, 5) is 13.6. The van der Waals surface area contributed by atoms with Gasteiger partial charge in [0.1, 0.15) is 5.82 Å². The van der Waals surface area contributed by atoms with E-state index >= 15 is 0 Å². The molecule has 0 aliphatic carbocycles. The Kier molecular flexibility index (Phi) is 4.20.